The Kier molecular flexibility index (Phi) is 11.8. The Morgan fingerprint density at radius 2 is 1.88 bits per heavy atom. The monoisotopic (exact) mass is 450 g/mol. The van der Waals surface area contributed by atoms with Crippen LogP contribution >= 0.6 is 0 Å². The zero-order valence-corrected chi connectivity index (χ0v) is 20.5. The van der Waals surface area contributed by atoms with E-state index in [4.69, 9.17) is 9.47 Å². The maximum atomic E-state index is 12.4. The maximum absolute atomic E-state index is 12.4. The SMILES string of the molecule is CCCCCC(=CC=CC(=O)N[C@H](C)CCCc1cccnc1)c1cc(OC)cc(OC)c1. The molecule has 2 aromatic rings. The number of hydrogen-bond donors (Lipinski definition) is 1. The van der Waals surface area contributed by atoms with Crippen molar-refractivity contribution < 1.29 is 14.3 Å². The molecule has 5 heteroatoms. The number of pyridine rings is 1. The highest BCUT2D eigenvalue weighted by molar-refractivity contribution is 5.88. The molecule has 1 aromatic heterocycles. The van der Waals surface area contributed by atoms with Gasteiger partial charge in [-0.15, -0.1) is 0 Å². The van der Waals surface area contributed by atoms with Gasteiger partial charge in [0.25, 0.3) is 0 Å². The summed E-state index contributed by atoms with van der Waals surface area (Å²) in [7, 11) is 3.31. The highest BCUT2D eigenvalue weighted by Gasteiger charge is 2.08. The van der Waals surface area contributed by atoms with Crippen LogP contribution in [0.1, 0.15) is 63.5 Å². The Bertz CT molecular complexity index is 884. The third kappa shape index (κ3) is 9.94. The first-order valence-electron chi connectivity index (χ1n) is 11.9. The molecular weight excluding hydrogens is 412 g/mol. The van der Waals surface area contributed by atoms with Gasteiger partial charge >= 0.3 is 0 Å². The number of aromatic nitrogens is 1. The van der Waals surface area contributed by atoms with Crippen molar-refractivity contribution in [3.05, 3.63) is 72.1 Å². The number of nitrogens with zero attached hydrogens (tertiary/aromatic N) is 1. The van der Waals surface area contributed by atoms with Crippen molar-refractivity contribution >= 4 is 11.5 Å². The standard InChI is InChI=1S/C28H38N2O3/c1-5-6-7-14-24(25-18-26(32-3)20-27(19-25)33-4)15-9-16-28(31)30-22(2)11-8-12-23-13-10-17-29-21-23/h9-10,13,15-22H,5-8,11-12,14H2,1-4H3,(H,30,31)/t22-/m1/s1. The van der Waals surface area contributed by atoms with Crippen molar-refractivity contribution in [1.82, 2.24) is 10.3 Å². The molecule has 0 aliphatic carbocycles. The van der Waals surface area contributed by atoms with E-state index in [1.165, 1.54) is 12.0 Å². The minimum Gasteiger partial charge on any atom is -0.497 e. The van der Waals surface area contributed by atoms with Crippen LogP contribution in [0, 0.1) is 0 Å². The number of allylic oxidation sites excluding steroid dienone is 3. The third-order valence-electron chi connectivity index (χ3n) is 5.53. The van der Waals surface area contributed by atoms with Gasteiger partial charge < -0.3 is 14.8 Å². The summed E-state index contributed by atoms with van der Waals surface area (Å²) in [6.45, 7) is 4.24. The van der Waals surface area contributed by atoms with Crippen LogP contribution in [0.2, 0.25) is 0 Å². The number of aryl methyl sites for hydroxylation is 1. The summed E-state index contributed by atoms with van der Waals surface area (Å²) in [4.78, 5) is 16.5. The maximum Gasteiger partial charge on any atom is 0.244 e. The molecule has 0 saturated heterocycles. The van der Waals surface area contributed by atoms with E-state index in [1.54, 1.807) is 26.5 Å². The smallest absolute Gasteiger partial charge is 0.244 e. The molecule has 1 atom stereocenters. The first-order valence-corrected chi connectivity index (χ1v) is 11.9. The van der Waals surface area contributed by atoms with E-state index in [1.807, 2.05) is 49.5 Å². The molecule has 178 valence electrons. The molecule has 1 aromatic carbocycles. The molecule has 1 heterocycles. The van der Waals surface area contributed by atoms with Crippen molar-refractivity contribution in [1.29, 1.82) is 0 Å². The van der Waals surface area contributed by atoms with Gasteiger partial charge in [0.15, 0.2) is 0 Å². The first-order chi connectivity index (χ1) is 16.0. The lowest BCUT2D eigenvalue weighted by Crippen LogP contribution is -2.31. The first kappa shape index (κ1) is 26.2. The molecule has 1 amide bonds. The van der Waals surface area contributed by atoms with E-state index in [0.717, 1.165) is 61.2 Å². The number of carbonyl (C=O) groups is 1. The fourth-order valence-corrected chi connectivity index (χ4v) is 3.66. The number of ether oxygens (including phenoxy) is 2. The van der Waals surface area contributed by atoms with Crippen molar-refractivity contribution in [2.75, 3.05) is 14.2 Å². The normalized spacial score (nSPS) is 12.5. The van der Waals surface area contributed by atoms with Gasteiger partial charge in [0.1, 0.15) is 11.5 Å². The van der Waals surface area contributed by atoms with Gasteiger partial charge in [0, 0.05) is 30.6 Å². The molecule has 0 spiro atoms. The van der Waals surface area contributed by atoms with Crippen molar-refractivity contribution in [2.45, 2.75) is 64.8 Å². The Morgan fingerprint density at radius 1 is 1.12 bits per heavy atom. The Morgan fingerprint density at radius 3 is 2.52 bits per heavy atom. The molecule has 0 aliphatic rings. The van der Waals surface area contributed by atoms with Gasteiger partial charge in [0.05, 0.1) is 14.2 Å². The molecule has 33 heavy (non-hydrogen) atoms. The van der Waals surface area contributed by atoms with E-state index >= 15 is 0 Å². The molecular formula is C28H38N2O3. The molecule has 5 nitrogen and oxygen atoms in total. The van der Waals surface area contributed by atoms with Crippen LogP contribution < -0.4 is 14.8 Å². The van der Waals surface area contributed by atoms with E-state index < -0.39 is 0 Å². The number of rotatable bonds is 14. The number of unbranched alkanes of at least 4 members (excludes halogenated alkanes) is 2. The molecule has 0 radical (unpaired) electrons. The number of hydrogen-bond acceptors (Lipinski definition) is 4. The van der Waals surface area contributed by atoms with Crippen LogP contribution in [0.25, 0.3) is 5.57 Å². The predicted octanol–water partition coefficient (Wildman–Crippen LogP) is 6.15. The Labute approximate surface area is 198 Å². The molecule has 1 N–H and O–H groups in total. The van der Waals surface area contributed by atoms with E-state index in [9.17, 15) is 4.79 Å². The van der Waals surface area contributed by atoms with E-state index in [-0.39, 0.29) is 11.9 Å². The Hall–Kier alpha value is -3.08. The van der Waals surface area contributed by atoms with Gasteiger partial charge in [-0.1, -0.05) is 38.0 Å². The lowest BCUT2D eigenvalue weighted by Gasteiger charge is -2.12. The summed E-state index contributed by atoms with van der Waals surface area (Å²) in [6.07, 6.45) is 16.4. The minimum absolute atomic E-state index is 0.0729. The third-order valence-corrected chi connectivity index (χ3v) is 5.53. The van der Waals surface area contributed by atoms with Crippen LogP contribution in [-0.4, -0.2) is 31.2 Å². The van der Waals surface area contributed by atoms with Gasteiger partial charge in [-0.3, -0.25) is 9.78 Å². The van der Waals surface area contributed by atoms with Crippen molar-refractivity contribution in [2.24, 2.45) is 0 Å². The van der Waals surface area contributed by atoms with Crippen LogP contribution in [0.5, 0.6) is 11.5 Å². The molecule has 0 aliphatic heterocycles. The second kappa shape index (κ2) is 14.9. The van der Waals surface area contributed by atoms with E-state index in [2.05, 4.69) is 23.3 Å². The zero-order chi connectivity index (χ0) is 23.9. The summed E-state index contributed by atoms with van der Waals surface area (Å²) in [5.41, 5.74) is 3.44. The van der Waals surface area contributed by atoms with Gasteiger partial charge in [0.2, 0.25) is 5.91 Å². The molecule has 0 fully saturated rings. The second-order valence-corrected chi connectivity index (χ2v) is 8.27. The van der Waals surface area contributed by atoms with Crippen molar-refractivity contribution in [3.63, 3.8) is 0 Å². The van der Waals surface area contributed by atoms with Crippen LogP contribution in [0.4, 0.5) is 0 Å². The van der Waals surface area contributed by atoms with Crippen LogP contribution in [0.15, 0.2) is 61.0 Å². The average Bonchev–Trinajstić information content (AvgIpc) is 2.83. The quantitative estimate of drug-likeness (QED) is 0.213. The summed E-state index contributed by atoms with van der Waals surface area (Å²) in [6, 6.07) is 10.1. The summed E-state index contributed by atoms with van der Waals surface area (Å²) in [5.74, 6) is 1.44. The average molecular weight is 451 g/mol. The van der Waals surface area contributed by atoms with E-state index in [0.29, 0.717) is 0 Å². The number of nitrogens with one attached hydrogen (secondary N) is 1. The van der Waals surface area contributed by atoms with Gasteiger partial charge in [-0.05, 0) is 73.9 Å². The Balaban J connectivity index is 1.96. The fraction of sp³-hybridized carbons (Fsp3) is 0.429. The molecule has 2 rings (SSSR count). The minimum atomic E-state index is -0.0729. The zero-order valence-electron chi connectivity index (χ0n) is 20.5. The molecule has 0 saturated carbocycles. The lowest BCUT2D eigenvalue weighted by atomic mass is 9.98. The van der Waals surface area contributed by atoms with Crippen LogP contribution in [-0.2, 0) is 11.2 Å². The molecule has 0 bridgehead atoms. The lowest BCUT2D eigenvalue weighted by molar-refractivity contribution is -0.117. The number of benzene rings is 1. The highest BCUT2D eigenvalue weighted by Crippen LogP contribution is 2.30. The number of amides is 1. The van der Waals surface area contributed by atoms with Crippen molar-refractivity contribution in [3.8, 4) is 11.5 Å². The fourth-order valence-electron chi connectivity index (χ4n) is 3.66. The summed E-state index contributed by atoms with van der Waals surface area (Å²) < 4.78 is 10.9. The second-order valence-electron chi connectivity index (χ2n) is 8.27. The largest absolute Gasteiger partial charge is 0.497 e. The van der Waals surface area contributed by atoms with Crippen LogP contribution in [0.3, 0.4) is 0 Å². The number of carbonyl (C=O) groups excluding carboxylic acids is 1. The summed E-state index contributed by atoms with van der Waals surface area (Å²) in [5, 5.41) is 3.06. The summed E-state index contributed by atoms with van der Waals surface area (Å²) >= 11 is 0. The number of methoxy groups -OCH3 is 2. The van der Waals surface area contributed by atoms with Gasteiger partial charge in [-0.2, -0.15) is 0 Å². The topological polar surface area (TPSA) is 60.5 Å². The highest BCUT2D eigenvalue weighted by atomic mass is 16.5. The molecule has 0 unspecified atom stereocenters. The predicted molar refractivity (Wildman–Crippen MR) is 136 cm³/mol. The van der Waals surface area contributed by atoms with Gasteiger partial charge in [-0.25, -0.2) is 0 Å².